The summed E-state index contributed by atoms with van der Waals surface area (Å²) in [6.07, 6.45) is 2.94. The van der Waals surface area contributed by atoms with Gasteiger partial charge in [-0.3, -0.25) is 4.90 Å². The molecule has 0 aromatic heterocycles. The number of nitrogens with two attached hydrogens (primary N) is 1. The number of ether oxygens (including phenoxy) is 1. The van der Waals surface area contributed by atoms with Gasteiger partial charge in [0.25, 0.3) is 0 Å². The van der Waals surface area contributed by atoms with Crippen LogP contribution in [0.4, 0.5) is 0 Å². The molecule has 18 heavy (non-hydrogen) atoms. The van der Waals surface area contributed by atoms with E-state index in [9.17, 15) is 0 Å². The van der Waals surface area contributed by atoms with Crippen molar-refractivity contribution in [3.63, 3.8) is 0 Å². The molecule has 4 atom stereocenters. The molecular formula is C15H28N2O. The fourth-order valence-electron chi connectivity index (χ4n) is 3.47. The second kappa shape index (κ2) is 4.95. The Hall–Kier alpha value is -0.380. The van der Waals surface area contributed by atoms with Crippen molar-refractivity contribution in [3.05, 3.63) is 11.1 Å². The zero-order chi connectivity index (χ0) is 13.5. The monoisotopic (exact) mass is 252 g/mol. The summed E-state index contributed by atoms with van der Waals surface area (Å²) in [5.41, 5.74) is 9.11. The summed E-state index contributed by atoms with van der Waals surface area (Å²) in [5.74, 6) is 0. The zero-order valence-corrected chi connectivity index (χ0v) is 12.5. The zero-order valence-electron chi connectivity index (χ0n) is 12.5. The molecule has 0 spiro atoms. The number of hydrogen-bond donors (Lipinski definition) is 1. The predicted molar refractivity (Wildman–Crippen MR) is 75.6 cm³/mol. The van der Waals surface area contributed by atoms with Gasteiger partial charge in [0.15, 0.2) is 0 Å². The molecule has 1 unspecified atom stereocenters. The van der Waals surface area contributed by atoms with Gasteiger partial charge in [0.05, 0.1) is 12.2 Å². The molecule has 3 nitrogen and oxygen atoms in total. The lowest BCUT2D eigenvalue weighted by Gasteiger charge is -2.45. The van der Waals surface area contributed by atoms with Gasteiger partial charge in [-0.1, -0.05) is 11.1 Å². The van der Waals surface area contributed by atoms with Crippen LogP contribution in [0.5, 0.6) is 0 Å². The van der Waals surface area contributed by atoms with E-state index in [-0.39, 0.29) is 5.54 Å². The lowest BCUT2D eigenvalue weighted by Crippen LogP contribution is -2.53. The SMILES string of the molecule is CC1=C(C)[C@](C)(N)CCC1N1C[C@@H](C)O[C@@H](C)C1. The van der Waals surface area contributed by atoms with Crippen LogP contribution in [0.25, 0.3) is 0 Å². The van der Waals surface area contributed by atoms with Crippen LogP contribution in [0, 0.1) is 0 Å². The third-order valence-electron chi connectivity index (χ3n) is 4.77. The van der Waals surface area contributed by atoms with E-state index >= 15 is 0 Å². The van der Waals surface area contributed by atoms with E-state index in [4.69, 9.17) is 10.5 Å². The van der Waals surface area contributed by atoms with Gasteiger partial charge in [-0.05, 0) is 47.5 Å². The fraction of sp³-hybridized carbons (Fsp3) is 0.867. The Morgan fingerprint density at radius 3 is 2.33 bits per heavy atom. The largest absolute Gasteiger partial charge is 0.373 e. The summed E-state index contributed by atoms with van der Waals surface area (Å²) in [5, 5.41) is 0. The van der Waals surface area contributed by atoms with Crippen LogP contribution in [0.1, 0.15) is 47.5 Å². The van der Waals surface area contributed by atoms with Crippen molar-refractivity contribution in [2.75, 3.05) is 13.1 Å². The molecular weight excluding hydrogens is 224 g/mol. The molecule has 104 valence electrons. The summed E-state index contributed by atoms with van der Waals surface area (Å²) in [6.45, 7) is 13.0. The van der Waals surface area contributed by atoms with Crippen LogP contribution in [-0.2, 0) is 4.74 Å². The minimum Gasteiger partial charge on any atom is -0.373 e. The van der Waals surface area contributed by atoms with Crippen molar-refractivity contribution in [2.45, 2.75) is 71.2 Å². The number of rotatable bonds is 1. The van der Waals surface area contributed by atoms with Gasteiger partial charge < -0.3 is 10.5 Å². The second-order valence-corrected chi connectivity index (χ2v) is 6.49. The van der Waals surface area contributed by atoms with Crippen LogP contribution in [0.2, 0.25) is 0 Å². The Labute approximate surface area is 111 Å². The second-order valence-electron chi connectivity index (χ2n) is 6.49. The smallest absolute Gasteiger partial charge is 0.0678 e. The van der Waals surface area contributed by atoms with Gasteiger partial charge in [-0.15, -0.1) is 0 Å². The molecule has 1 fully saturated rings. The number of morpholine rings is 1. The van der Waals surface area contributed by atoms with E-state index in [1.54, 1.807) is 0 Å². The highest BCUT2D eigenvalue weighted by atomic mass is 16.5. The van der Waals surface area contributed by atoms with Crippen molar-refractivity contribution >= 4 is 0 Å². The molecule has 0 amide bonds. The highest BCUT2D eigenvalue weighted by Gasteiger charge is 2.36. The Morgan fingerprint density at radius 2 is 1.78 bits per heavy atom. The average Bonchev–Trinajstić information content (AvgIpc) is 2.25. The Bertz CT molecular complexity index is 338. The summed E-state index contributed by atoms with van der Waals surface area (Å²) < 4.78 is 5.83. The fourth-order valence-corrected chi connectivity index (χ4v) is 3.47. The molecule has 0 radical (unpaired) electrons. The van der Waals surface area contributed by atoms with Crippen LogP contribution >= 0.6 is 0 Å². The maximum absolute atomic E-state index is 6.36. The van der Waals surface area contributed by atoms with Gasteiger partial charge in [0.1, 0.15) is 0 Å². The number of nitrogens with zero attached hydrogens (tertiary/aromatic N) is 1. The first kappa shape index (κ1) is 14.0. The molecule has 0 saturated carbocycles. The lowest BCUT2D eigenvalue weighted by atomic mass is 9.76. The molecule has 1 aliphatic heterocycles. The highest BCUT2D eigenvalue weighted by Crippen LogP contribution is 2.34. The Morgan fingerprint density at radius 1 is 1.22 bits per heavy atom. The third-order valence-corrected chi connectivity index (χ3v) is 4.77. The molecule has 0 aromatic carbocycles. The van der Waals surface area contributed by atoms with Gasteiger partial charge in [-0.25, -0.2) is 0 Å². The molecule has 0 aromatic rings. The van der Waals surface area contributed by atoms with Gasteiger partial charge >= 0.3 is 0 Å². The third kappa shape index (κ3) is 2.63. The number of hydrogen-bond acceptors (Lipinski definition) is 3. The first-order valence-electron chi connectivity index (χ1n) is 7.17. The Kier molecular flexibility index (Phi) is 3.86. The van der Waals surface area contributed by atoms with Crippen molar-refractivity contribution in [3.8, 4) is 0 Å². The van der Waals surface area contributed by atoms with Crippen molar-refractivity contribution in [1.29, 1.82) is 0 Å². The molecule has 1 saturated heterocycles. The van der Waals surface area contributed by atoms with E-state index in [2.05, 4.69) is 39.5 Å². The van der Waals surface area contributed by atoms with E-state index in [0.29, 0.717) is 18.2 Å². The lowest BCUT2D eigenvalue weighted by molar-refractivity contribution is -0.0783. The summed E-state index contributed by atoms with van der Waals surface area (Å²) in [4.78, 5) is 2.59. The van der Waals surface area contributed by atoms with E-state index < -0.39 is 0 Å². The van der Waals surface area contributed by atoms with Gasteiger partial charge in [0, 0.05) is 24.7 Å². The molecule has 0 bridgehead atoms. The highest BCUT2D eigenvalue weighted by molar-refractivity contribution is 5.29. The van der Waals surface area contributed by atoms with E-state index in [0.717, 1.165) is 19.5 Å². The maximum Gasteiger partial charge on any atom is 0.0678 e. The normalized spacial score (nSPS) is 43.3. The van der Waals surface area contributed by atoms with Crippen molar-refractivity contribution < 1.29 is 4.74 Å². The molecule has 3 heteroatoms. The van der Waals surface area contributed by atoms with Crippen LogP contribution in [-0.4, -0.2) is 41.8 Å². The summed E-state index contributed by atoms with van der Waals surface area (Å²) >= 11 is 0. The average molecular weight is 252 g/mol. The van der Waals surface area contributed by atoms with Crippen LogP contribution in [0.3, 0.4) is 0 Å². The molecule has 1 heterocycles. The molecule has 2 N–H and O–H groups in total. The maximum atomic E-state index is 6.36. The standard InChI is InChI=1S/C15H28N2O/c1-10-8-17(9-11(2)18-10)14-6-7-15(5,16)13(4)12(14)3/h10-11,14H,6-9,16H2,1-5H3/t10-,11+,14?,15-/m1/s1. The van der Waals surface area contributed by atoms with Crippen molar-refractivity contribution in [2.24, 2.45) is 5.73 Å². The van der Waals surface area contributed by atoms with E-state index in [1.807, 2.05) is 0 Å². The first-order valence-corrected chi connectivity index (χ1v) is 7.17. The quantitative estimate of drug-likeness (QED) is 0.728. The van der Waals surface area contributed by atoms with E-state index in [1.165, 1.54) is 17.6 Å². The molecule has 1 aliphatic carbocycles. The van der Waals surface area contributed by atoms with Crippen molar-refractivity contribution in [1.82, 2.24) is 4.90 Å². The van der Waals surface area contributed by atoms with Gasteiger partial charge in [-0.2, -0.15) is 0 Å². The predicted octanol–water partition coefficient (Wildman–Crippen LogP) is 2.31. The first-order chi connectivity index (χ1) is 8.31. The molecule has 2 rings (SSSR count). The Balaban J connectivity index is 2.17. The minimum atomic E-state index is -0.107. The molecule has 2 aliphatic rings. The minimum absolute atomic E-state index is 0.107. The topological polar surface area (TPSA) is 38.5 Å². The van der Waals surface area contributed by atoms with Crippen LogP contribution < -0.4 is 5.73 Å². The summed E-state index contributed by atoms with van der Waals surface area (Å²) in [6, 6.07) is 0.565. The summed E-state index contributed by atoms with van der Waals surface area (Å²) in [7, 11) is 0. The van der Waals surface area contributed by atoms with Crippen LogP contribution in [0.15, 0.2) is 11.1 Å². The van der Waals surface area contributed by atoms with Gasteiger partial charge in [0.2, 0.25) is 0 Å².